The van der Waals surface area contributed by atoms with Gasteiger partial charge in [-0.1, -0.05) is 12.1 Å². The van der Waals surface area contributed by atoms with Gasteiger partial charge in [0.25, 0.3) is 0 Å². The molecule has 0 bridgehead atoms. The highest BCUT2D eigenvalue weighted by Crippen LogP contribution is 2.23. The summed E-state index contributed by atoms with van der Waals surface area (Å²) >= 11 is 0. The molecule has 128 valence electrons. The van der Waals surface area contributed by atoms with Crippen molar-refractivity contribution in [2.75, 3.05) is 0 Å². The van der Waals surface area contributed by atoms with Gasteiger partial charge in [-0.15, -0.1) is 0 Å². The first-order chi connectivity index (χ1) is 11.8. The van der Waals surface area contributed by atoms with E-state index in [0.29, 0.717) is 11.6 Å². The Morgan fingerprint density at radius 1 is 1.20 bits per heavy atom. The maximum Gasteiger partial charge on any atom is 0.250 e. The molecule has 3 aromatic rings. The van der Waals surface area contributed by atoms with Crippen LogP contribution in [0.2, 0.25) is 0 Å². The van der Waals surface area contributed by atoms with Crippen molar-refractivity contribution < 1.29 is 4.79 Å². The van der Waals surface area contributed by atoms with Crippen molar-refractivity contribution in [2.24, 2.45) is 12.8 Å². The Balaban J connectivity index is 2.23. The third-order valence-electron chi connectivity index (χ3n) is 3.92. The van der Waals surface area contributed by atoms with E-state index in [1.165, 1.54) is 10.6 Å². The molecule has 0 saturated heterocycles. The molecule has 7 heteroatoms. The number of nitrogens with two attached hydrogens (primary N) is 1. The minimum atomic E-state index is -0.495. The van der Waals surface area contributed by atoms with Crippen LogP contribution in [-0.2, 0) is 18.3 Å². The molecule has 0 radical (unpaired) electrons. The standard InChI is InChI=1S/C18H19N5O2/c1-11-4-5-12(2)14(8-11)23-18(20-16(21-23)9-15(19)24)13-6-7-17(25)22(3)10-13/h4-8,10H,9H2,1-3H3,(H2,19,24). The van der Waals surface area contributed by atoms with Crippen LogP contribution in [0.1, 0.15) is 17.0 Å². The molecule has 2 heterocycles. The third-order valence-corrected chi connectivity index (χ3v) is 3.92. The fraction of sp³-hybridized carbons (Fsp3) is 0.222. The number of aryl methyl sites for hydroxylation is 3. The van der Waals surface area contributed by atoms with E-state index in [9.17, 15) is 9.59 Å². The van der Waals surface area contributed by atoms with Crippen LogP contribution in [-0.4, -0.2) is 25.2 Å². The summed E-state index contributed by atoms with van der Waals surface area (Å²) in [7, 11) is 1.68. The van der Waals surface area contributed by atoms with Crippen LogP contribution in [0.15, 0.2) is 41.3 Å². The van der Waals surface area contributed by atoms with Crippen molar-refractivity contribution in [1.82, 2.24) is 19.3 Å². The SMILES string of the molecule is Cc1ccc(C)c(-n2nc(CC(N)=O)nc2-c2ccc(=O)n(C)c2)c1. The van der Waals surface area contributed by atoms with Gasteiger partial charge in [0, 0.05) is 24.9 Å². The second-order valence-corrected chi connectivity index (χ2v) is 6.06. The molecule has 1 aromatic carbocycles. The lowest BCUT2D eigenvalue weighted by molar-refractivity contribution is -0.117. The van der Waals surface area contributed by atoms with Crippen molar-refractivity contribution >= 4 is 5.91 Å². The number of pyridine rings is 1. The molecule has 0 atom stereocenters. The lowest BCUT2D eigenvalue weighted by atomic mass is 10.1. The van der Waals surface area contributed by atoms with E-state index in [4.69, 9.17) is 5.73 Å². The second kappa shape index (κ2) is 6.35. The minimum absolute atomic E-state index is 0.0450. The highest BCUT2D eigenvalue weighted by molar-refractivity contribution is 5.76. The number of benzene rings is 1. The van der Waals surface area contributed by atoms with Gasteiger partial charge in [0.2, 0.25) is 11.5 Å². The zero-order valence-corrected chi connectivity index (χ0v) is 14.4. The summed E-state index contributed by atoms with van der Waals surface area (Å²) in [6, 6.07) is 9.20. The molecule has 2 aromatic heterocycles. The first kappa shape index (κ1) is 16.6. The average Bonchev–Trinajstić information content (AvgIpc) is 2.95. The number of nitrogens with zero attached hydrogens (tertiary/aromatic N) is 4. The lowest BCUT2D eigenvalue weighted by Gasteiger charge is -2.10. The highest BCUT2D eigenvalue weighted by atomic mass is 16.1. The normalized spacial score (nSPS) is 10.8. The van der Waals surface area contributed by atoms with Gasteiger partial charge in [0.05, 0.1) is 12.1 Å². The Kier molecular flexibility index (Phi) is 4.22. The Bertz CT molecular complexity index is 1020. The second-order valence-electron chi connectivity index (χ2n) is 6.06. The van der Waals surface area contributed by atoms with E-state index in [0.717, 1.165) is 22.4 Å². The lowest BCUT2D eigenvalue weighted by Crippen LogP contribution is -2.14. The minimum Gasteiger partial charge on any atom is -0.369 e. The van der Waals surface area contributed by atoms with Gasteiger partial charge in [-0.3, -0.25) is 9.59 Å². The van der Waals surface area contributed by atoms with Gasteiger partial charge in [-0.05, 0) is 37.1 Å². The molecule has 0 spiro atoms. The fourth-order valence-corrected chi connectivity index (χ4v) is 2.61. The predicted molar refractivity (Wildman–Crippen MR) is 94.4 cm³/mol. The molecule has 25 heavy (non-hydrogen) atoms. The summed E-state index contributed by atoms with van der Waals surface area (Å²) in [4.78, 5) is 27.4. The summed E-state index contributed by atoms with van der Waals surface area (Å²) in [5.41, 5.74) is 8.87. The average molecular weight is 337 g/mol. The number of carbonyl (C=O) groups is 1. The van der Waals surface area contributed by atoms with E-state index >= 15 is 0 Å². The molecule has 0 saturated carbocycles. The summed E-state index contributed by atoms with van der Waals surface area (Å²) < 4.78 is 3.17. The molecular formula is C18H19N5O2. The third kappa shape index (κ3) is 3.35. The number of hydrogen-bond donors (Lipinski definition) is 1. The fourth-order valence-electron chi connectivity index (χ4n) is 2.61. The first-order valence-corrected chi connectivity index (χ1v) is 7.84. The summed E-state index contributed by atoms with van der Waals surface area (Å²) in [5, 5.41) is 4.47. The number of amides is 1. The van der Waals surface area contributed by atoms with Gasteiger partial charge in [0.15, 0.2) is 11.6 Å². The molecule has 2 N–H and O–H groups in total. The topological polar surface area (TPSA) is 95.8 Å². The number of hydrogen-bond acceptors (Lipinski definition) is 4. The molecular weight excluding hydrogens is 318 g/mol. The molecule has 7 nitrogen and oxygen atoms in total. The molecule has 0 unspecified atom stereocenters. The van der Waals surface area contributed by atoms with E-state index in [1.807, 2.05) is 32.0 Å². The van der Waals surface area contributed by atoms with E-state index in [1.54, 1.807) is 24.0 Å². The van der Waals surface area contributed by atoms with Gasteiger partial charge in [-0.2, -0.15) is 5.10 Å². The zero-order chi connectivity index (χ0) is 18.1. The van der Waals surface area contributed by atoms with Crippen LogP contribution in [0.5, 0.6) is 0 Å². The molecule has 0 aliphatic rings. The quantitative estimate of drug-likeness (QED) is 0.775. The molecule has 3 rings (SSSR count). The van der Waals surface area contributed by atoms with Crippen molar-refractivity contribution in [3.8, 4) is 17.1 Å². The van der Waals surface area contributed by atoms with E-state index in [2.05, 4.69) is 10.1 Å². The van der Waals surface area contributed by atoms with Crippen LogP contribution < -0.4 is 11.3 Å². The maximum atomic E-state index is 11.7. The Morgan fingerprint density at radius 2 is 1.96 bits per heavy atom. The predicted octanol–water partition coefficient (Wildman–Crippen LogP) is 1.28. The molecule has 0 aliphatic carbocycles. The zero-order valence-electron chi connectivity index (χ0n) is 14.4. The maximum absolute atomic E-state index is 11.7. The molecule has 1 amide bonds. The van der Waals surface area contributed by atoms with Crippen molar-refractivity contribution in [3.05, 3.63) is 63.8 Å². The Morgan fingerprint density at radius 3 is 2.64 bits per heavy atom. The highest BCUT2D eigenvalue weighted by Gasteiger charge is 2.17. The first-order valence-electron chi connectivity index (χ1n) is 7.84. The smallest absolute Gasteiger partial charge is 0.250 e. The Labute approximate surface area is 144 Å². The summed E-state index contributed by atoms with van der Waals surface area (Å²) in [6.07, 6.45) is 1.65. The molecule has 0 aliphatic heterocycles. The van der Waals surface area contributed by atoms with Crippen molar-refractivity contribution in [3.63, 3.8) is 0 Å². The molecule has 0 fully saturated rings. The monoisotopic (exact) mass is 337 g/mol. The number of primary amides is 1. The van der Waals surface area contributed by atoms with Gasteiger partial charge < -0.3 is 10.3 Å². The van der Waals surface area contributed by atoms with Crippen molar-refractivity contribution in [2.45, 2.75) is 20.3 Å². The van der Waals surface area contributed by atoms with Crippen LogP contribution in [0.4, 0.5) is 0 Å². The van der Waals surface area contributed by atoms with Crippen LogP contribution in [0.25, 0.3) is 17.1 Å². The summed E-state index contributed by atoms with van der Waals surface area (Å²) in [6.45, 7) is 3.98. The van der Waals surface area contributed by atoms with Crippen LogP contribution >= 0.6 is 0 Å². The van der Waals surface area contributed by atoms with E-state index < -0.39 is 5.91 Å². The van der Waals surface area contributed by atoms with Gasteiger partial charge in [0.1, 0.15) is 0 Å². The van der Waals surface area contributed by atoms with Gasteiger partial charge >= 0.3 is 0 Å². The number of rotatable bonds is 4. The van der Waals surface area contributed by atoms with Crippen LogP contribution in [0, 0.1) is 13.8 Å². The number of aromatic nitrogens is 4. The number of carbonyl (C=O) groups excluding carboxylic acids is 1. The van der Waals surface area contributed by atoms with E-state index in [-0.39, 0.29) is 12.0 Å². The van der Waals surface area contributed by atoms with Crippen LogP contribution in [0.3, 0.4) is 0 Å². The largest absolute Gasteiger partial charge is 0.369 e. The summed E-state index contributed by atoms with van der Waals surface area (Å²) in [5.74, 6) is 0.405. The van der Waals surface area contributed by atoms with Gasteiger partial charge in [-0.25, -0.2) is 9.67 Å². The Hall–Kier alpha value is -3.22. The van der Waals surface area contributed by atoms with Crippen molar-refractivity contribution in [1.29, 1.82) is 0 Å².